The zero-order valence-electron chi connectivity index (χ0n) is 15.6. The molecule has 0 saturated heterocycles. The summed E-state index contributed by atoms with van der Waals surface area (Å²) in [7, 11) is 3.07. The number of amides is 1. The van der Waals surface area contributed by atoms with Crippen LogP contribution in [0, 0.1) is 6.92 Å². The Kier molecular flexibility index (Phi) is 5.96. The van der Waals surface area contributed by atoms with Crippen molar-refractivity contribution in [2.24, 2.45) is 0 Å². The molecule has 0 atom stereocenters. The zero-order chi connectivity index (χ0) is 20.1. The van der Waals surface area contributed by atoms with E-state index >= 15 is 0 Å². The van der Waals surface area contributed by atoms with Crippen LogP contribution in [0.4, 0.5) is 17.3 Å². The van der Waals surface area contributed by atoms with Gasteiger partial charge in [0.1, 0.15) is 17.2 Å². The summed E-state index contributed by atoms with van der Waals surface area (Å²) in [4.78, 5) is 21.1. The minimum Gasteiger partial charge on any atom is -0.497 e. The van der Waals surface area contributed by atoms with Crippen LogP contribution in [0.25, 0.3) is 0 Å². The summed E-state index contributed by atoms with van der Waals surface area (Å²) in [5.41, 5.74) is 2.41. The van der Waals surface area contributed by atoms with Gasteiger partial charge in [-0.15, -0.1) is 0 Å². The number of aromatic nitrogens is 2. The van der Waals surface area contributed by atoms with Crippen LogP contribution in [0.2, 0.25) is 5.02 Å². The van der Waals surface area contributed by atoms with Crippen LogP contribution in [0.5, 0.6) is 11.5 Å². The Morgan fingerprint density at radius 1 is 1.04 bits per heavy atom. The lowest BCUT2D eigenvalue weighted by atomic mass is 10.2. The third-order valence-electron chi connectivity index (χ3n) is 3.99. The SMILES string of the molecule is COc1ccc(OC)c(NC(=O)c2ccnc(Nc3cc(Cl)ccc3C)n2)c1. The average molecular weight is 399 g/mol. The lowest BCUT2D eigenvalue weighted by molar-refractivity contribution is 0.102. The molecule has 0 aliphatic carbocycles. The van der Waals surface area contributed by atoms with Gasteiger partial charge in [0, 0.05) is 23.0 Å². The first-order valence-corrected chi connectivity index (χ1v) is 8.77. The third-order valence-corrected chi connectivity index (χ3v) is 4.22. The van der Waals surface area contributed by atoms with Crippen LogP contribution in [-0.2, 0) is 0 Å². The molecule has 28 heavy (non-hydrogen) atoms. The van der Waals surface area contributed by atoms with Crippen molar-refractivity contribution in [2.45, 2.75) is 6.92 Å². The maximum absolute atomic E-state index is 12.7. The van der Waals surface area contributed by atoms with Crippen LogP contribution >= 0.6 is 11.6 Å². The molecule has 1 heterocycles. The Labute approximate surface area is 167 Å². The first-order chi connectivity index (χ1) is 13.5. The number of ether oxygens (including phenoxy) is 2. The largest absolute Gasteiger partial charge is 0.497 e. The molecule has 3 rings (SSSR count). The minimum absolute atomic E-state index is 0.196. The molecular weight excluding hydrogens is 380 g/mol. The van der Waals surface area contributed by atoms with E-state index in [2.05, 4.69) is 20.6 Å². The Balaban J connectivity index is 1.82. The van der Waals surface area contributed by atoms with Crippen molar-refractivity contribution in [3.05, 3.63) is 64.9 Å². The van der Waals surface area contributed by atoms with Crippen LogP contribution in [0.3, 0.4) is 0 Å². The molecule has 1 amide bonds. The number of anilines is 3. The lowest BCUT2D eigenvalue weighted by Crippen LogP contribution is -2.15. The van der Waals surface area contributed by atoms with Gasteiger partial charge in [0.05, 0.1) is 19.9 Å². The minimum atomic E-state index is -0.403. The van der Waals surface area contributed by atoms with Gasteiger partial charge < -0.3 is 20.1 Å². The number of nitrogens with zero attached hydrogens (tertiary/aromatic N) is 2. The highest BCUT2D eigenvalue weighted by Gasteiger charge is 2.13. The summed E-state index contributed by atoms with van der Waals surface area (Å²) in [5, 5.41) is 6.45. The highest BCUT2D eigenvalue weighted by atomic mass is 35.5. The average Bonchev–Trinajstić information content (AvgIpc) is 2.71. The molecule has 2 aromatic carbocycles. The maximum Gasteiger partial charge on any atom is 0.274 e. The molecule has 1 aromatic heterocycles. The van der Waals surface area contributed by atoms with Gasteiger partial charge in [-0.1, -0.05) is 17.7 Å². The summed E-state index contributed by atoms with van der Waals surface area (Å²) >= 11 is 6.04. The normalized spacial score (nSPS) is 10.3. The Morgan fingerprint density at radius 3 is 2.61 bits per heavy atom. The Morgan fingerprint density at radius 2 is 1.86 bits per heavy atom. The Hall–Kier alpha value is -3.32. The van der Waals surface area contributed by atoms with Crippen LogP contribution in [0.15, 0.2) is 48.7 Å². The van der Waals surface area contributed by atoms with E-state index in [9.17, 15) is 4.79 Å². The number of aryl methyl sites for hydroxylation is 1. The van der Waals surface area contributed by atoms with E-state index in [-0.39, 0.29) is 11.6 Å². The molecular formula is C20H19ClN4O3. The molecule has 3 aromatic rings. The van der Waals surface area contributed by atoms with Gasteiger partial charge in [-0.05, 0) is 42.8 Å². The van der Waals surface area contributed by atoms with Gasteiger partial charge in [-0.25, -0.2) is 9.97 Å². The van der Waals surface area contributed by atoms with Crippen LogP contribution in [-0.4, -0.2) is 30.1 Å². The first-order valence-electron chi connectivity index (χ1n) is 8.39. The highest BCUT2D eigenvalue weighted by Crippen LogP contribution is 2.29. The number of carbonyl (C=O) groups is 1. The second kappa shape index (κ2) is 8.58. The molecule has 2 N–H and O–H groups in total. The van der Waals surface area contributed by atoms with Crippen molar-refractivity contribution < 1.29 is 14.3 Å². The standard InChI is InChI=1S/C20H19ClN4O3/c1-12-4-5-13(21)10-16(12)25-20-22-9-8-15(24-20)19(26)23-17-11-14(27-2)6-7-18(17)28-3/h4-11H,1-3H3,(H,23,26)(H,22,24,25). The monoisotopic (exact) mass is 398 g/mol. The smallest absolute Gasteiger partial charge is 0.274 e. The van der Waals surface area contributed by atoms with Gasteiger partial charge in [0.15, 0.2) is 0 Å². The van der Waals surface area contributed by atoms with Crippen molar-refractivity contribution in [3.63, 3.8) is 0 Å². The topological polar surface area (TPSA) is 85.4 Å². The van der Waals surface area contributed by atoms with Crippen LogP contribution in [0.1, 0.15) is 16.1 Å². The van der Waals surface area contributed by atoms with Gasteiger partial charge in [0.25, 0.3) is 5.91 Å². The number of carbonyl (C=O) groups excluding carboxylic acids is 1. The van der Waals surface area contributed by atoms with Crippen molar-refractivity contribution in [1.82, 2.24) is 9.97 Å². The molecule has 7 nitrogen and oxygen atoms in total. The molecule has 0 radical (unpaired) electrons. The van der Waals surface area contributed by atoms with Gasteiger partial charge >= 0.3 is 0 Å². The van der Waals surface area contributed by atoms with E-state index < -0.39 is 5.91 Å². The molecule has 0 unspecified atom stereocenters. The number of halogens is 1. The predicted octanol–water partition coefficient (Wildman–Crippen LogP) is 4.45. The molecule has 0 bridgehead atoms. The van der Waals surface area contributed by atoms with Crippen molar-refractivity contribution >= 4 is 34.8 Å². The van der Waals surface area contributed by atoms with E-state index in [4.69, 9.17) is 21.1 Å². The summed E-state index contributed by atoms with van der Waals surface area (Å²) in [6.45, 7) is 1.93. The summed E-state index contributed by atoms with van der Waals surface area (Å²) in [5.74, 6) is 0.990. The maximum atomic E-state index is 12.7. The second-order valence-corrected chi connectivity index (χ2v) is 6.31. The molecule has 0 saturated carbocycles. The molecule has 0 aliphatic heterocycles. The number of nitrogens with one attached hydrogen (secondary N) is 2. The first kappa shape index (κ1) is 19.4. The molecule has 0 aliphatic rings. The molecule has 144 valence electrons. The fourth-order valence-corrected chi connectivity index (χ4v) is 2.66. The summed E-state index contributed by atoms with van der Waals surface area (Å²) < 4.78 is 10.5. The van der Waals surface area contributed by atoms with E-state index in [0.29, 0.717) is 22.2 Å². The second-order valence-electron chi connectivity index (χ2n) is 5.87. The zero-order valence-corrected chi connectivity index (χ0v) is 16.4. The third kappa shape index (κ3) is 4.50. The summed E-state index contributed by atoms with van der Waals surface area (Å²) in [6.07, 6.45) is 1.51. The number of methoxy groups -OCH3 is 2. The number of rotatable bonds is 6. The van der Waals surface area contributed by atoms with Gasteiger partial charge in [0.2, 0.25) is 5.95 Å². The molecule has 0 fully saturated rings. The number of hydrogen-bond acceptors (Lipinski definition) is 6. The molecule has 8 heteroatoms. The van der Waals surface area contributed by atoms with Gasteiger partial charge in [-0.3, -0.25) is 4.79 Å². The fourth-order valence-electron chi connectivity index (χ4n) is 2.49. The number of hydrogen-bond donors (Lipinski definition) is 2. The van der Waals surface area contributed by atoms with E-state index in [1.165, 1.54) is 19.4 Å². The lowest BCUT2D eigenvalue weighted by Gasteiger charge is -2.12. The van der Waals surface area contributed by atoms with Crippen molar-refractivity contribution in [1.29, 1.82) is 0 Å². The highest BCUT2D eigenvalue weighted by molar-refractivity contribution is 6.30. The van der Waals surface area contributed by atoms with E-state index in [0.717, 1.165) is 11.3 Å². The van der Waals surface area contributed by atoms with Crippen molar-refractivity contribution in [2.75, 3.05) is 24.9 Å². The van der Waals surface area contributed by atoms with E-state index in [1.54, 1.807) is 37.4 Å². The predicted molar refractivity (Wildman–Crippen MR) is 109 cm³/mol. The quantitative estimate of drug-likeness (QED) is 0.638. The van der Waals surface area contributed by atoms with E-state index in [1.807, 2.05) is 13.0 Å². The van der Waals surface area contributed by atoms with Gasteiger partial charge in [-0.2, -0.15) is 0 Å². The fraction of sp³-hybridized carbons (Fsp3) is 0.150. The molecule has 0 spiro atoms. The Bertz CT molecular complexity index is 1010. The summed E-state index contributed by atoms with van der Waals surface area (Å²) in [6, 6.07) is 12.1. The van der Waals surface area contributed by atoms with Crippen LogP contribution < -0.4 is 20.1 Å². The number of benzene rings is 2. The van der Waals surface area contributed by atoms with Crippen molar-refractivity contribution in [3.8, 4) is 11.5 Å².